The molecule has 0 radical (unpaired) electrons. The van der Waals surface area contributed by atoms with Gasteiger partial charge < -0.3 is 31.3 Å². The summed E-state index contributed by atoms with van der Waals surface area (Å²) >= 11 is 0. The number of aliphatic hydroxyl groups is 2. The first-order valence-electron chi connectivity index (χ1n) is 13.6. The van der Waals surface area contributed by atoms with Gasteiger partial charge in [0.2, 0.25) is 0 Å². The van der Waals surface area contributed by atoms with Gasteiger partial charge in [-0.25, -0.2) is 0 Å². The molecule has 5 rings (SSSR count). The lowest BCUT2D eigenvalue weighted by atomic mass is 9.52. The van der Waals surface area contributed by atoms with Gasteiger partial charge in [-0.15, -0.1) is 0 Å². The van der Waals surface area contributed by atoms with E-state index in [1.807, 2.05) is 49.3 Å². The summed E-state index contributed by atoms with van der Waals surface area (Å²) < 4.78 is 0. The van der Waals surface area contributed by atoms with Crippen LogP contribution in [0.5, 0.6) is 5.75 Å². The smallest absolute Gasteiger partial charge is 0.187 e. The number of ketones is 4. The molecule has 0 aromatic heterocycles. The number of phenolic OH excluding ortho intramolecular Hbond substituents is 1. The monoisotopic (exact) mass is 564 g/mol. The Morgan fingerprint density at radius 3 is 2.32 bits per heavy atom. The van der Waals surface area contributed by atoms with Gasteiger partial charge in [-0.1, -0.05) is 30.3 Å². The molecule has 0 spiro atoms. The molecule has 2 saturated carbocycles. The summed E-state index contributed by atoms with van der Waals surface area (Å²) in [4.78, 5) is 58.3. The Kier molecular flexibility index (Phi) is 7.27. The van der Waals surface area contributed by atoms with Crippen molar-refractivity contribution in [3.8, 4) is 5.75 Å². The molecule has 2 aromatic rings. The molecule has 218 valence electrons. The van der Waals surface area contributed by atoms with Gasteiger partial charge in [-0.2, -0.15) is 0 Å². The molecule has 11 nitrogen and oxygen atoms in total. The standard InChI is InChI=1S/C30H36N4O7/c1-33(2)19-12-18(32-13-14-8-6-5-7-9-14)24(35)21-16(19)10-15-11-17-23(34(3)4)26(37)22(29(31)40)28(39)30(17,41)27(38)20(15)25(21)36/h5-9,12,15,17,20,22-23,29,32,35,40-41H,10-11,13,31H2,1-4H3/t15-,17-,20?,22?,23?,29?,30-/m0/s1. The van der Waals surface area contributed by atoms with E-state index in [2.05, 4.69) is 5.32 Å². The summed E-state index contributed by atoms with van der Waals surface area (Å²) in [5, 5.41) is 36.4. The fourth-order valence-electron chi connectivity index (χ4n) is 7.06. The van der Waals surface area contributed by atoms with Crippen LogP contribution in [0.4, 0.5) is 11.4 Å². The number of hydrogen-bond donors (Lipinski definition) is 5. The van der Waals surface area contributed by atoms with Crippen LogP contribution in [0.15, 0.2) is 36.4 Å². The zero-order valence-corrected chi connectivity index (χ0v) is 23.5. The lowest BCUT2D eigenvalue weighted by molar-refractivity contribution is -0.184. The Morgan fingerprint density at radius 2 is 1.73 bits per heavy atom. The third-order valence-electron chi connectivity index (χ3n) is 8.94. The number of Topliss-reactive ketones (excluding diaryl/α,β-unsaturated/α-hetero) is 4. The summed E-state index contributed by atoms with van der Waals surface area (Å²) in [6, 6.07) is 10.2. The SMILES string of the molecule is CN(C)c1cc(NCc2ccccc2)c(O)c2c1C[C@H]1C[C@H]3C(N(C)C)C(=O)C(C(N)O)C(=O)[C@@]3(O)C(=O)C1C2=O. The zero-order valence-electron chi connectivity index (χ0n) is 23.5. The van der Waals surface area contributed by atoms with Gasteiger partial charge in [0.15, 0.2) is 28.7 Å². The maximum atomic E-state index is 14.1. The van der Waals surface area contributed by atoms with E-state index < -0.39 is 64.7 Å². The quantitative estimate of drug-likeness (QED) is 0.186. The van der Waals surface area contributed by atoms with Crippen LogP contribution >= 0.6 is 0 Å². The van der Waals surface area contributed by atoms with Crippen LogP contribution in [0.2, 0.25) is 0 Å². The summed E-state index contributed by atoms with van der Waals surface area (Å²) in [5.41, 5.74) is 5.36. The third kappa shape index (κ3) is 4.35. The average molecular weight is 565 g/mol. The maximum Gasteiger partial charge on any atom is 0.187 e. The number of aliphatic hydroxyl groups excluding tert-OH is 1. The van der Waals surface area contributed by atoms with Crippen molar-refractivity contribution in [2.24, 2.45) is 29.4 Å². The summed E-state index contributed by atoms with van der Waals surface area (Å²) in [7, 11) is 6.80. The summed E-state index contributed by atoms with van der Waals surface area (Å²) in [6.45, 7) is 0.373. The van der Waals surface area contributed by atoms with Crippen LogP contribution in [0.25, 0.3) is 0 Å². The van der Waals surface area contributed by atoms with Crippen LogP contribution in [-0.4, -0.2) is 89.4 Å². The molecule has 11 heteroatoms. The minimum Gasteiger partial charge on any atom is -0.505 e. The highest BCUT2D eigenvalue weighted by molar-refractivity contribution is 6.27. The Morgan fingerprint density at radius 1 is 1.07 bits per heavy atom. The van der Waals surface area contributed by atoms with Crippen molar-refractivity contribution in [1.82, 2.24) is 4.90 Å². The summed E-state index contributed by atoms with van der Waals surface area (Å²) in [6.07, 6.45) is -1.66. The van der Waals surface area contributed by atoms with Crippen LogP contribution < -0.4 is 16.0 Å². The molecule has 0 aliphatic heterocycles. The highest BCUT2D eigenvalue weighted by atomic mass is 16.3. The Bertz CT molecular complexity index is 1420. The van der Waals surface area contributed by atoms with Crippen LogP contribution in [0, 0.1) is 23.7 Å². The van der Waals surface area contributed by atoms with Gasteiger partial charge in [0, 0.05) is 32.2 Å². The van der Waals surface area contributed by atoms with Crippen molar-refractivity contribution in [1.29, 1.82) is 0 Å². The number of carbonyl (C=O) groups is 4. The summed E-state index contributed by atoms with van der Waals surface area (Å²) in [5.74, 6) is -8.82. The molecule has 0 amide bonds. The number of aromatic hydroxyl groups is 1. The number of nitrogens with two attached hydrogens (primary N) is 1. The van der Waals surface area contributed by atoms with Crippen LogP contribution in [0.3, 0.4) is 0 Å². The second-order valence-corrected chi connectivity index (χ2v) is 11.8. The molecule has 2 aromatic carbocycles. The van der Waals surface area contributed by atoms with Gasteiger partial charge in [0.1, 0.15) is 17.9 Å². The number of likely N-dealkylation sites (N-methyl/N-ethyl adjacent to an activating group) is 1. The molecule has 0 heterocycles. The van der Waals surface area contributed by atoms with Gasteiger partial charge >= 0.3 is 0 Å². The fourth-order valence-corrected chi connectivity index (χ4v) is 7.06. The molecule has 4 unspecified atom stereocenters. The largest absolute Gasteiger partial charge is 0.505 e. The predicted molar refractivity (Wildman–Crippen MR) is 150 cm³/mol. The van der Waals surface area contributed by atoms with Crippen molar-refractivity contribution < 1.29 is 34.5 Å². The Labute approximate surface area is 237 Å². The van der Waals surface area contributed by atoms with Crippen molar-refractivity contribution in [2.45, 2.75) is 37.3 Å². The van der Waals surface area contributed by atoms with Gasteiger partial charge in [-0.3, -0.25) is 24.1 Å². The van der Waals surface area contributed by atoms with Crippen molar-refractivity contribution in [2.75, 3.05) is 38.4 Å². The molecule has 2 fully saturated rings. The first-order chi connectivity index (χ1) is 19.3. The number of hydrogen-bond acceptors (Lipinski definition) is 11. The molecular formula is C30H36N4O7. The molecule has 6 N–H and O–H groups in total. The van der Waals surface area contributed by atoms with E-state index >= 15 is 0 Å². The maximum absolute atomic E-state index is 14.1. The number of nitrogens with zero attached hydrogens (tertiary/aromatic N) is 2. The number of carbonyl (C=O) groups excluding carboxylic acids is 4. The van der Waals surface area contributed by atoms with E-state index in [1.165, 1.54) is 4.90 Å². The molecule has 3 aliphatic carbocycles. The number of benzene rings is 2. The molecule has 3 aliphatic rings. The number of anilines is 2. The third-order valence-corrected chi connectivity index (χ3v) is 8.94. The van der Waals surface area contributed by atoms with Crippen molar-refractivity contribution in [3.63, 3.8) is 0 Å². The Hall–Kier alpha value is -3.64. The highest BCUT2D eigenvalue weighted by Gasteiger charge is 2.69. The average Bonchev–Trinajstić information content (AvgIpc) is 2.90. The zero-order chi connectivity index (χ0) is 30.0. The van der Waals surface area contributed by atoms with E-state index in [4.69, 9.17) is 5.73 Å². The predicted octanol–water partition coefficient (Wildman–Crippen LogP) is 0.337. The second-order valence-electron chi connectivity index (χ2n) is 11.8. The molecule has 7 atom stereocenters. The van der Waals surface area contributed by atoms with Crippen molar-refractivity contribution >= 4 is 34.5 Å². The van der Waals surface area contributed by atoms with Crippen molar-refractivity contribution in [3.05, 3.63) is 53.1 Å². The number of fused-ring (bicyclic) bond motifs is 3. The van der Waals surface area contributed by atoms with Gasteiger partial charge in [0.25, 0.3) is 0 Å². The first-order valence-corrected chi connectivity index (χ1v) is 13.6. The van der Waals surface area contributed by atoms with E-state index in [0.29, 0.717) is 23.5 Å². The molecule has 0 saturated heterocycles. The molecule has 41 heavy (non-hydrogen) atoms. The number of nitrogens with one attached hydrogen (secondary N) is 1. The Balaban J connectivity index is 1.60. The van der Waals surface area contributed by atoms with E-state index in [0.717, 1.165) is 5.56 Å². The minimum atomic E-state index is -2.69. The first kappa shape index (κ1) is 28.9. The highest BCUT2D eigenvalue weighted by Crippen LogP contribution is 2.52. The lowest BCUT2D eigenvalue weighted by Gasteiger charge is -2.53. The number of rotatable bonds is 6. The second kappa shape index (κ2) is 10.3. The normalized spacial score (nSPS) is 30.0. The number of phenols is 1. The topological polar surface area (TPSA) is 173 Å². The van der Waals surface area contributed by atoms with Crippen LogP contribution in [0.1, 0.15) is 27.9 Å². The lowest BCUT2D eigenvalue weighted by Crippen LogP contribution is -2.74. The van der Waals surface area contributed by atoms with Gasteiger partial charge in [-0.05, 0) is 50.0 Å². The van der Waals surface area contributed by atoms with Crippen LogP contribution in [-0.2, 0) is 27.3 Å². The molecular weight excluding hydrogens is 528 g/mol. The molecule has 0 bridgehead atoms. The van der Waals surface area contributed by atoms with Gasteiger partial charge in [0.05, 0.1) is 23.2 Å². The van der Waals surface area contributed by atoms with E-state index in [1.54, 1.807) is 20.2 Å². The fraction of sp³-hybridized carbons (Fsp3) is 0.467. The van der Waals surface area contributed by atoms with E-state index in [-0.39, 0.29) is 24.2 Å². The minimum absolute atomic E-state index is 0.0256. The van der Waals surface area contributed by atoms with E-state index in [9.17, 15) is 34.5 Å².